The lowest BCUT2D eigenvalue weighted by Crippen LogP contribution is -2.67. The summed E-state index contributed by atoms with van der Waals surface area (Å²) in [6, 6.07) is 76.5. The van der Waals surface area contributed by atoms with Gasteiger partial charge in [0.15, 0.2) is 11.9 Å². The van der Waals surface area contributed by atoms with Crippen LogP contribution >= 0.6 is 32.9 Å². The molecule has 0 saturated heterocycles. The van der Waals surface area contributed by atoms with E-state index in [2.05, 4.69) is 19.9 Å². The van der Waals surface area contributed by atoms with Crippen LogP contribution in [0.2, 0.25) is 0 Å². The summed E-state index contributed by atoms with van der Waals surface area (Å²) >= 11 is 0. The minimum Gasteiger partial charge on any atom is -0.452 e. The van der Waals surface area contributed by atoms with Crippen LogP contribution in [0.3, 0.4) is 0 Å². The fraction of sp³-hybridized carbons (Fsp3) is 0.495. The van der Waals surface area contributed by atoms with Gasteiger partial charge in [-0.25, -0.2) is 9.13 Å². The zero-order chi connectivity index (χ0) is 89.0. The fourth-order valence-corrected chi connectivity index (χ4v) is 19.4. The van der Waals surface area contributed by atoms with Crippen molar-refractivity contribution in [2.45, 2.75) is 296 Å². The number of Topliss-reactive ketones (excluding diaryl/α,β-unsaturated/α-hetero) is 1. The molecule has 9 rings (SSSR count). The number of carbonyl (C=O) groups is 2. The standard InChI is InChI=1S/C101H135NO21P4/c1-3-5-7-9-11-13-15-17-19-21-23-25-51-70-93(103)94(119-95(104)71-52-26-24-22-20-18-16-14-12-10-8-6-4-2)82-118-126(105,115-73-53-72-102)122-100-96(109-83-107-74-85-54-35-27-36-55-85)98(120-124(111-76-87-58-39-29-40-59-87)112-77-88-60-41-30-42-61-88)99(121-125(113-78-89-62-43-31-44-63-89)114-79-90-64-45-32-46-65-90)101(97(100)110-84-108-75-86-56-37-28-38-57-86)123-127(106,116-80-91-66-47-33-48-67-91)117-81-92-68-49-34-50-69-92/h27-50,54-69,94,96-101H,3-26,51-53,70-71,73-84H2,1-2H3/t94-,96-,97+,98-,99+,100+,101+,126?/m1/s1. The van der Waals surface area contributed by atoms with Crippen LogP contribution < -0.4 is 0 Å². The third kappa shape index (κ3) is 42.9. The molecular weight excluding hydrogens is 1690 g/mol. The van der Waals surface area contributed by atoms with Crippen molar-refractivity contribution in [2.24, 2.45) is 0 Å². The van der Waals surface area contributed by atoms with Gasteiger partial charge in [0.1, 0.15) is 56.8 Å². The molecule has 22 nitrogen and oxygen atoms in total. The monoisotopic (exact) mass is 1820 g/mol. The van der Waals surface area contributed by atoms with Gasteiger partial charge in [-0.1, -0.05) is 411 Å². The van der Waals surface area contributed by atoms with E-state index in [4.69, 9.17) is 78.0 Å². The number of unbranched alkanes of at least 4 members (excludes halogenated alkanes) is 24. The Hall–Kier alpha value is -6.93. The van der Waals surface area contributed by atoms with Gasteiger partial charge in [-0.3, -0.25) is 36.7 Å². The van der Waals surface area contributed by atoms with Crippen LogP contribution in [-0.4, -0.2) is 81.3 Å². The van der Waals surface area contributed by atoms with Crippen LogP contribution in [0.5, 0.6) is 0 Å². The van der Waals surface area contributed by atoms with Gasteiger partial charge < -0.3 is 50.8 Å². The van der Waals surface area contributed by atoms with Gasteiger partial charge in [0.2, 0.25) is 0 Å². The van der Waals surface area contributed by atoms with Crippen LogP contribution in [0.1, 0.15) is 245 Å². The summed E-state index contributed by atoms with van der Waals surface area (Å²) < 4.78 is 150. The van der Waals surface area contributed by atoms with Crippen molar-refractivity contribution < 1.29 is 96.7 Å². The minimum atomic E-state index is -5.42. The highest BCUT2D eigenvalue weighted by atomic mass is 31.2. The van der Waals surface area contributed by atoms with Crippen molar-refractivity contribution in [3.63, 3.8) is 0 Å². The Bertz CT molecular complexity index is 4140. The van der Waals surface area contributed by atoms with Crippen LogP contribution in [0, 0.1) is 11.3 Å². The molecule has 8 aromatic carbocycles. The first kappa shape index (κ1) is 104. The van der Waals surface area contributed by atoms with Gasteiger partial charge in [-0.15, -0.1) is 0 Å². The largest absolute Gasteiger partial charge is 0.475 e. The number of benzene rings is 8. The van der Waals surface area contributed by atoms with Gasteiger partial charge in [-0.05, 0) is 57.3 Å². The molecule has 0 amide bonds. The molecule has 1 fully saturated rings. The van der Waals surface area contributed by atoms with Crippen LogP contribution in [0.15, 0.2) is 243 Å². The summed E-state index contributed by atoms with van der Waals surface area (Å²) in [4.78, 5) is 29.4. The van der Waals surface area contributed by atoms with Crippen molar-refractivity contribution in [3.05, 3.63) is 287 Å². The summed E-state index contributed by atoms with van der Waals surface area (Å²) in [6.45, 7) is 0.924. The second-order valence-electron chi connectivity index (χ2n) is 31.8. The number of ether oxygens (including phenoxy) is 5. The van der Waals surface area contributed by atoms with Gasteiger partial charge in [-0.2, -0.15) is 5.26 Å². The predicted octanol–water partition coefficient (Wildman–Crippen LogP) is 27.0. The molecule has 0 spiro atoms. The first-order valence-corrected chi connectivity index (χ1v) is 51.0. The van der Waals surface area contributed by atoms with E-state index in [1.165, 1.54) is 96.3 Å². The molecule has 0 N–H and O–H groups in total. The summed E-state index contributed by atoms with van der Waals surface area (Å²) in [5.74, 6) is -1.11. The molecule has 1 unspecified atom stereocenters. The maximum atomic E-state index is 16.9. The number of rotatable bonds is 72. The van der Waals surface area contributed by atoms with E-state index in [1.807, 2.05) is 194 Å². The van der Waals surface area contributed by atoms with Crippen molar-refractivity contribution >= 4 is 44.6 Å². The highest BCUT2D eigenvalue weighted by molar-refractivity contribution is 7.48. The van der Waals surface area contributed by atoms with Crippen molar-refractivity contribution in [1.82, 2.24) is 0 Å². The quantitative estimate of drug-likeness (QED) is 0.0149. The Kier molecular flexibility index (Phi) is 52.3. The number of carbonyl (C=O) groups excluding carboxylic acids is 2. The SMILES string of the molecule is CCCCCCCCCCCCCCCC(=O)O[C@H](COP(=O)(OCCC#N)O[C@H]1[C@H](OCOCc2ccccc2)[C@@H](OP(OCc2ccccc2)OCc2ccccc2)[C@H](OP(OCc2ccccc2)OCc2ccccc2)[C@@H](OP(=O)(OCc2ccccc2)OCc2ccccc2)[C@H]1OCOCc1ccccc1)C(=O)CCCCCCCCCCCCCCC. The zero-order valence-corrected chi connectivity index (χ0v) is 78.0. The number of nitrogens with zero attached hydrogens (tertiary/aromatic N) is 1. The summed E-state index contributed by atoms with van der Waals surface area (Å²) in [6.07, 6.45) is 15.4. The molecule has 8 atom stereocenters. The molecule has 0 aliphatic heterocycles. The number of hydrogen-bond acceptors (Lipinski definition) is 22. The van der Waals surface area contributed by atoms with E-state index in [-0.39, 0.29) is 72.1 Å². The Morgan fingerprint density at radius 3 is 0.937 bits per heavy atom. The normalized spacial score (nSPS) is 16.6. The van der Waals surface area contributed by atoms with Crippen LogP contribution in [0.4, 0.5) is 0 Å². The molecule has 1 aliphatic rings. The molecule has 0 aromatic heterocycles. The Balaban J connectivity index is 1.17. The second kappa shape index (κ2) is 64.0. The minimum absolute atomic E-state index is 0.00513. The Labute approximate surface area is 757 Å². The topological polar surface area (TPSA) is 249 Å². The van der Waals surface area contributed by atoms with Gasteiger partial charge in [0, 0.05) is 12.8 Å². The molecule has 1 aliphatic carbocycles. The molecule has 690 valence electrons. The van der Waals surface area contributed by atoms with Gasteiger partial charge in [0.25, 0.3) is 0 Å². The summed E-state index contributed by atoms with van der Waals surface area (Å²) in [5, 5.41) is 10.3. The molecule has 0 heterocycles. The first-order valence-electron chi connectivity index (χ1n) is 45.9. The number of hydrogen-bond donors (Lipinski definition) is 0. The van der Waals surface area contributed by atoms with E-state index in [0.717, 1.165) is 91.2 Å². The lowest BCUT2D eigenvalue weighted by atomic mass is 9.84. The Morgan fingerprint density at radius 1 is 0.331 bits per heavy atom. The zero-order valence-electron chi connectivity index (χ0n) is 74.4. The number of phosphoric ester groups is 2. The van der Waals surface area contributed by atoms with Gasteiger partial charge >= 0.3 is 38.8 Å². The number of phosphoric acid groups is 2. The average Bonchev–Trinajstić information content (AvgIpc) is 0.747. The Morgan fingerprint density at radius 2 is 0.606 bits per heavy atom. The van der Waals surface area contributed by atoms with E-state index < -0.39 is 114 Å². The van der Waals surface area contributed by atoms with E-state index >= 15 is 13.9 Å². The van der Waals surface area contributed by atoms with Crippen LogP contribution in [0.25, 0.3) is 0 Å². The van der Waals surface area contributed by atoms with E-state index in [0.29, 0.717) is 24.0 Å². The average molecular weight is 1820 g/mol. The molecule has 0 radical (unpaired) electrons. The third-order valence-corrected chi connectivity index (χ3v) is 26.5. The maximum absolute atomic E-state index is 16.9. The maximum Gasteiger partial charge on any atom is 0.475 e. The van der Waals surface area contributed by atoms with E-state index in [9.17, 15) is 10.1 Å². The lowest BCUT2D eigenvalue weighted by molar-refractivity contribution is -0.262. The summed E-state index contributed by atoms with van der Waals surface area (Å²) in [7, 11) is -16.0. The predicted molar refractivity (Wildman–Crippen MR) is 496 cm³/mol. The first-order chi connectivity index (χ1) is 62.5. The molecule has 0 bridgehead atoms. The highest BCUT2D eigenvalue weighted by Crippen LogP contribution is 2.60. The molecule has 26 heteroatoms. The fourth-order valence-electron chi connectivity index (χ4n) is 14.4. The molecular formula is C101H135NO21P4. The van der Waals surface area contributed by atoms with Crippen LogP contribution in [-0.2, 0) is 150 Å². The summed E-state index contributed by atoms with van der Waals surface area (Å²) in [5.41, 5.74) is 5.68. The number of ketones is 1. The second-order valence-corrected chi connectivity index (χ2v) is 37.4. The highest BCUT2D eigenvalue weighted by Gasteiger charge is 2.61. The van der Waals surface area contributed by atoms with Gasteiger partial charge in [0.05, 0.1) is 72.0 Å². The number of esters is 1. The molecule has 1 saturated carbocycles. The van der Waals surface area contributed by atoms with Crippen molar-refractivity contribution in [3.8, 4) is 6.07 Å². The van der Waals surface area contributed by atoms with Crippen molar-refractivity contribution in [2.75, 3.05) is 26.8 Å². The lowest BCUT2D eigenvalue weighted by Gasteiger charge is -2.50. The molecule has 8 aromatic rings. The molecule has 127 heavy (non-hydrogen) atoms. The van der Waals surface area contributed by atoms with Crippen molar-refractivity contribution in [1.29, 1.82) is 5.26 Å². The smallest absolute Gasteiger partial charge is 0.452 e. The third-order valence-electron chi connectivity index (χ3n) is 21.4. The number of nitriles is 1. The van der Waals surface area contributed by atoms with E-state index in [1.54, 1.807) is 48.5 Å².